The Balaban J connectivity index is 1.71. The molecule has 0 atom stereocenters. The minimum Gasteiger partial charge on any atom is -0.491 e. The van der Waals surface area contributed by atoms with Crippen molar-refractivity contribution in [2.75, 3.05) is 26.3 Å². The van der Waals surface area contributed by atoms with Crippen molar-refractivity contribution < 1.29 is 14.3 Å². The molecule has 0 saturated carbocycles. The lowest BCUT2D eigenvalue weighted by molar-refractivity contribution is 0.0303. The highest BCUT2D eigenvalue weighted by molar-refractivity contribution is 5.97. The number of hydrogen-bond acceptors (Lipinski definition) is 4. The fourth-order valence-electron chi connectivity index (χ4n) is 3.93. The predicted octanol–water partition coefficient (Wildman–Crippen LogP) is 3.98. The van der Waals surface area contributed by atoms with Gasteiger partial charge in [-0.1, -0.05) is 12.1 Å². The highest BCUT2D eigenvalue weighted by atomic mass is 16.5. The van der Waals surface area contributed by atoms with Gasteiger partial charge in [-0.05, 0) is 43.7 Å². The van der Waals surface area contributed by atoms with Crippen LogP contribution in [0.3, 0.4) is 0 Å². The quantitative estimate of drug-likeness (QED) is 0.661. The lowest BCUT2D eigenvalue weighted by atomic mass is 10.0. The second-order valence-corrected chi connectivity index (χ2v) is 7.72. The number of hydrogen-bond donors (Lipinski definition) is 0. The smallest absolute Gasteiger partial charge is 0.254 e. The maximum absolute atomic E-state index is 12.7. The highest BCUT2D eigenvalue weighted by Crippen LogP contribution is 2.34. The van der Waals surface area contributed by atoms with E-state index in [2.05, 4.69) is 6.07 Å². The molecule has 0 spiro atoms. The van der Waals surface area contributed by atoms with Gasteiger partial charge in [0.05, 0.1) is 36.1 Å². The third-order valence-electron chi connectivity index (χ3n) is 5.36. The van der Waals surface area contributed by atoms with E-state index >= 15 is 0 Å². The molecule has 6 nitrogen and oxygen atoms in total. The number of benzene rings is 2. The Labute approximate surface area is 176 Å². The first kappa shape index (κ1) is 20.0. The van der Waals surface area contributed by atoms with Gasteiger partial charge in [0, 0.05) is 37.2 Å². The summed E-state index contributed by atoms with van der Waals surface area (Å²) in [4.78, 5) is 14.5. The van der Waals surface area contributed by atoms with Crippen LogP contribution in [-0.4, -0.2) is 47.8 Å². The van der Waals surface area contributed by atoms with Crippen molar-refractivity contribution >= 4 is 16.8 Å². The predicted molar refractivity (Wildman–Crippen MR) is 116 cm³/mol. The van der Waals surface area contributed by atoms with Crippen LogP contribution in [0.1, 0.15) is 29.8 Å². The van der Waals surface area contributed by atoms with E-state index in [0.29, 0.717) is 37.4 Å². The number of rotatable bonds is 4. The molecule has 2 aromatic carbocycles. The summed E-state index contributed by atoms with van der Waals surface area (Å²) in [5.41, 5.74) is 3.93. The molecule has 1 fully saturated rings. The van der Waals surface area contributed by atoms with E-state index in [4.69, 9.17) is 9.47 Å². The number of amides is 1. The highest BCUT2D eigenvalue weighted by Gasteiger charge is 2.20. The Kier molecular flexibility index (Phi) is 5.47. The van der Waals surface area contributed by atoms with Gasteiger partial charge in [0.25, 0.3) is 5.91 Å². The third-order valence-corrected chi connectivity index (χ3v) is 5.36. The summed E-state index contributed by atoms with van der Waals surface area (Å²) < 4.78 is 13.2. The van der Waals surface area contributed by atoms with E-state index in [9.17, 15) is 10.1 Å². The number of morpholine rings is 1. The molecule has 1 saturated heterocycles. The Bertz CT molecular complexity index is 1120. The van der Waals surface area contributed by atoms with Gasteiger partial charge >= 0.3 is 0 Å². The first-order valence-corrected chi connectivity index (χ1v) is 10.2. The molecule has 3 aromatic rings. The van der Waals surface area contributed by atoms with Crippen LogP contribution in [0.4, 0.5) is 0 Å². The molecule has 0 unspecified atom stereocenters. The number of aromatic nitrogens is 1. The number of nitrogens with zero attached hydrogens (tertiary/aromatic N) is 3. The SMILES string of the molecule is CC(C)Oc1ccc2c(C#N)c(-c3ccc(C(=O)N4CCOCC4)cc3)n(C)c2c1. The van der Waals surface area contributed by atoms with Gasteiger partial charge in [-0.15, -0.1) is 0 Å². The molecule has 6 heteroatoms. The van der Waals surface area contributed by atoms with Gasteiger partial charge in [0.2, 0.25) is 0 Å². The summed E-state index contributed by atoms with van der Waals surface area (Å²) in [6.07, 6.45) is 0.0779. The molecular formula is C24H25N3O3. The molecule has 0 bridgehead atoms. The summed E-state index contributed by atoms with van der Waals surface area (Å²) in [5.74, 6) is 0.790. The van der Waals surface area contributed by atoms with Crippen LogP contribution < -0.4 is 4.74 Å². The van der Waals surface area contributed by atoms with Crippen LogP contribution in [0.15, 0.2) is 42.5 Å². The van der Waals surface area contributed by atoms with Crippen LogP contribution in [0, 0.1) is 11.3 Å². The van der Waals surface area contributed by atoms with Crippen LogP contribution in [-0.2, 0) is 11.8 Å². The van der Waals surface area contributed by atoms with Crippen LogP contribution in [0.2, 0.25) is 0 Å². The van der Waals surface area contributed by atoms with Gasteiger partial charge in [0.1, 0.15) is 11.8 Å². The molecule has 1 aliphatic heterocycles. The van der Waals surface area contributed by atoms with Crippen LogP contribution in [0.25, 0.3) is 22.2 Å². The van der Waals surface area contributed by atoms with Gasteiger partial charge in [0.15, 0.2) is 0 Å². The molecule has 2 heterocycles. The van der Waals surface area contributed by atoms with E-state index in [1.165, 1.54) is 0 Å². The van der Waals surface area contributed by atoms with Crippen LogP contribution in [0.5, 0.6) is 5.75 Å². The molecular weight excluding hydrogens is 378 g/mol. The largest absolute Gasteiger partial charge is 0.491 e. The molecule has 0 N–H and O–H groups in total. The van der Waals surface area contributed by atoms with Crippen molar-refractivity contribution in [2.45, 2.75) is 20.0 Å². The van der Waals surface area contributed by atoms with Gasteiger partial charge in [-0.3, -0.25) is 4.79 Å². The Morgan fingerprint density at radius 1 is 1.13 bits per heavy atom. The summed E-state index contributed by atoms with van der Waals surface area (Å²) in [5, 5.41) is 10.7. The average Bonchev–Trinajstić information content (AvgIpc) is 3.04. The second-order valence-electron chi connectivity index (χ2n) is 7.72. The minimum atomic E-state index is 0.0119. The zero-order valence-electron chi connectivity index (χ0n) is 17.5. The van der Waals surface area contributed by atoms with Crippen molar-refractivity contribution in [1.29, 1.82) is 5.26 Å². The molecule has 1 aromatic heterocycles. The van der Waals surface area contributed by atoms with Crippen molar-refractivity contribution in [3.05, 3.63) is 53.6 Å². The van der Waals surface area contributed by atoms with E-state index in [0.717, 1.165) is 27.9 Å². The monoisotopic (exact) mass is 403 g/mol. The van der Waals surface area contributed by atoms with Crippen molar-refractivity contribution in [1.82, 2.24) is 9.47 Å². The molecule has 1 aliphatic rings. The zero-order valence-corrected chi connectivity index (χ0v) is 17.5. The first-order valence-electron chi connectivity index (χ1n) is 10.2. The Morgan fingerprint density at radius 2 is 1.83 bits per heavy atom. The minimum absolute atomic E-state index is 0.0119. The maximum Gasteiger partial charge on any atom is 0.254 e. The zero-order chi connectivity index (χ0) is 21.3. The van der Waals surface area contributed by atoms with Crippen molar-refractivity contribution in [3.63, 3.8) is 0 Å². The second kappa shape index (κ2) is 8.21. The maximum atomic E-state index is 12.7. The standard InChI is InChI=1S/C24H25N3O3/c1-16(2)30-19-8-9-20-21(15-25)23(26(3)22(20)14-19)17-4-6-18(7-5-17)24(28)27-10-12-29-13-11-27/h4-9,14,16H,10-13H2,1-3H3. The summed E-state index contributed by atoms with van der Waals surface area (Å²) in [7, 11) is 1.95. The average molecular weight is 403 g/mol. The number of carbonyl (C=O) groups is 1. The van der Waals surface area contributed by atoms with E-state index < -0.39 is 0 Å². The molecule has 0 aliphatic carbocycles. The van der Waals surface area contributed by atoms with Crippen LogP contribution >= 0.6 is 0 Å². The number of nitriles is 1. The fourth-order valence-corrected chi connectivity index (χ4v) is 3.93. The normalized spacial score (nSPS) is 14.2. The van der Waals surface area contributed by atoms with Gasteiger partial charge < -0.3 is 18.9 Å². The topological polar surface area (TPSA) is 67.5 Å². The molecule has 0 radical (unpaired) electrons. The lowest BCUT2D eigenvalue weighted by Gasteiger charge is -2.26. The Hall–Kier alpha value is -3.30. The fraction of sp³-hybridized carbons (Fsp3) is 0.333. The van der Waals surface area contributed by atoms with Crippen molar-refractivity contribution in [3.8, 4) is 23.1 Å². The first-order chi connectivity index (χ1) is 14.5. The molecule has 154 valence electrons. The van der Waals surface area contributed by atoms with E-state index in [1.54, 1.807) is 0 Å². The Morgan fingerprint density at radius 3 is 2.47 bits per heavy atom. The van der Waals surface area contributed by atoms with Gasteiger partial charge in [-0.25, -0.2) is 0 Å². The molecule has 4 rings (SSSR count). The lowest BCUT2D eigenvalue weighted by Crippen LogP contribution is -2.40. The number of carbonyl (C=O) groups excluding carboxylic acids is 1. The number of ether oxygens (including phenoxy) is 2. The number of fused-ring (bicyclic) bond motifs is 1. The summed E-state index contributed by atoms with van der Waals surface area (Å²) in [6.45, 7) is 6.36. The summed E-state index contributed by atoms with van der Waals surface area (Å²) >= 11 is 0. The van der Waals surface area contributed by atoms with E-state index in [-0.39, 0.29) is 12.0 Å². The third kappa shape index (κ3) is 3.64. The van der Waals surface area contributed by atoms with E-state index in [1.807, 2.05) is 72.8 Å². The summed E-state index contributed by atoms with van der Waals surface area (Å²) in [6, 6.07) is 15.6. The molecule has 1 amide bonds. The number of aryl methyl sites for hydroxylation is 1. The molecule has 30 heavy (non-hydrogen) atoms. The van der Waals surface area contributed by atoms with Gasteiger partial charge in [-0.2, -0.15) is 5.26 Å². The van der Waals surface area contributed by atoms with Crippen molar-refractivity contribution in [2.24, 2.45) is 7.05 Å².